The van der Waals surface area contributed by atoms with Gasteiger partial charge in [-0.2, -0.15) is 0 Å². The molecule has 1 heterocycles. The number of carboxylic acid groups (broad SMARTS) is 1. The van der Waals surface area contributed by atoms with Crippen LogP contribution in [0.1, 0.15) is 71.1 Å². The number of amides is 1. The zero-order chi connectivity index (χ0) is 17.3. The predicted molar refractivity (Wildman–Crippen MR) is 87.6 cm³/mol. The van der Waals surface area contributed by atoms with E-state index in [0.29, 0.717) is 19.4 Å². The number of likely N-dealkylation sites (tertiary alicyclic amines) is 1. The summed E-state index contributed by atoms with van der Waals surface area (Å²) in [6.07, 6.45) is 10.2. The molecule has 1 fully saturated rings. The summed E-state index contributed by atoms with van der Waals surface area (Å²) in [6, 6.07) is -1.09. The monoisotopic (exact) mass is 325 g/mol. The molecule has 1 aliphatic heterocycles. The fourth-order valence-corrected chi connectivity index (χ4v) is 3.29. The number of carbonyl (C=O) groups excluding carboxylic acids is 2. The van der Waals surface area contributed by atoms with Gasteiger partial charge in [-0.15, -0.1) is 0 Å². The number of hydrogen-bond donors (Lipinski definition) is 2. The van der Waals surface area contributed by atoms with Crippen LogP contribution in [-0.4, -0.2) is 46.3 Å². The second-order valence-electron chi connectivity index (χ2n) is 6.45. The topological polar surface area (TPSA) is 101 Å². The first-order valence-corrected chi connectivity index (χ1v) is 8.65. The molecule has 1 saturated heterocycles. The van der Waals surface area contributed by atoms with Gasteiger partial charge in [0.25, 0.3) is 0 Å². The van der Waals surface area contributed by atoms with Gasteiger partial charge in [-0.1, -0.05) is 45.4 Å². The van der Waals surface area contributed by atoms with Gasteiger partial charge in [0.1, 0.15) is 5.54 Å². The van der Waals surface area contributed by atoms with Crippen molar-refractivity contribution < 1.29 is 19.5 Å². The Morgan fingerprint density at radius 3 is 2.52 bits per heavy atom. The molecule has 23 heavy (non-hydrogen) atoms. The van der Waals surface area contributed by atoms with E-state index in [1.54, 1.807) is 0 Å². The highest BCUT2D eigenvalue weighted by molar-refractivity contribution is 5.89. The summed E-state index contributed by atoms with van der Waals surface area (Å²) in [6.45, 7) is 2.62. The molecule has 6 heteroatoms. The van der Waals surface area contributed by atoms with Crippen molar-refractivity contribution in [1.82, 2.24) is 4.90 Å². The van der Waals surface area contributed by atoms with Crippen molar-refractivity contribution in [2.24, 2.45) is 5.73 Å². The number of rotatable bonds is 11. The number of aliphatic carboxylic acids is 1. The zero-order valence-electron chi connectivity index (χ0n) is 14.1. The summed E-state index contributed by atoms with van der Waals surface area (Å²) in [7, 11) is 0. The van der Waals surface area contributed by atoms with Gasteiger partial charge in [-0.3, -0.25) is 14.4 Å². The second-order valence-corrected chi connectivity index (χ2v) is 6.45. The van der Waals surface area contributed by atoms with Crippen LogP contribution in [0.2, 0.25) is 0 Å². The minimum absolute atomic E-state index is 0.415. The predicted octanol–water partition coefficient (Wildman–Crippen LogP) is 2.01. The summed E-state index contributed by atoms with van der Waals surface area (Å²) in [5, 5.41) is 8.78. The summed E-state index contributed by atoms with van der Waals surface area (Å²) in [5.41, 5.74) is 4.78. The molecule has 0 spiro atoms. The Morgan fingerprint density at radius 1 is 1.26 bits per heavy atom. The van der Waals surface area contributed by atoms with Crippen molar-refractivity contribution >= 4 is 18.2 Å². The van der Waals surface area contributed by atoms with Crippen LogP contribution in [0, 0.1) is 0 Å². The van der Waals surface area contributed by atoms with Crippen molar-refractivity contribution in [2.45, 2.75) is 82.7 Å². The normalized spacial score (nSPS) is 22.1. The van der Waals surface area contributed by atoms with Gasteiger partial charge >= 0.3 is 5.97 Å². The van der Waals surface area contributed by atoms with Gasteiger partial charge in [-0.05, 0) is 19.3 Å². The lowest BCUT2D eigenvalue weighted by molar-refractivity contribution is -0.143. The van der Waals surface area contributed by atoms with Gasteiger partial charge < -0.3 is 15.7 Å². The van der Waals surface area contributed by atoms with Gasteiger partial charge in [0, 0.05) is 6.54 Å². The van der Waals surface area contributed by atoms with Crippen molar-refractivity contribution in [1.29, 1.82) is 0 Å². The first kappa shape index (κ1) is 19.6. The Kier molecular flexibility index (Phi) is 8.23. The van der Waals surface area contributed by atoms with E-state index in [-0.39, 0.29) is 0 Å². The number of nitrogens with zero attached hydrogens (tertiary/aromatic N) is 1. The minimum atomic E-state index is -1.11. The lowest BCUT2D eigenvalue weighted by Crippen LogP contribution is -2.54. The van der Waals surface area contributed by atoms with Crippen molar-refractivity contribution in [3.05, 3.63) is 0 Å². The van der Waals surface area contributed by atoms with E-state index in [4.69, 9.17) is 10.8 Å². The smallest absolute Gasteiger partial charge is 0.305 e. The highest BCUT2D eigenvalue weighted by Crippen LogP contribution is 2.33. The number of hydrogen-bond acceptors (Lipinski definition) is 4. The molecular weight excluding hydrogens is 296 g/mol. The fourth-order valence-electron chi connectivity index (χ4n) is 3.29. The van der Waals surface area contributed by atoms with Crippen LogP contribution in [0.25, 0.3) is 0 Å². The lowest BCUT2D eigenvalue weighted by atomic mass is 9.90. The molecule has 1 aliphatic rings. The molecule has 131 valence electrons. The zero-order valence-corrected chi connectivity index (χ0v) is 14.1. The van der Waals surface area contributed by atoms with E-state index in [1.165, 1.54) is 24.2 Å². The largest absolute Gasteiger partial charge is 0.481 e. The molecule has 0 aliphatic carbocycles. The first-order chi connectivity index (χ1) is 11.0. The van der Waals surface area contributed by atoms with Crippen molar-refractivity contribution in [3.63, 3.8) is 0 Å². The molecule has 1 rings (SSSR count). The number of unbranched alkanes of at least 4 members (excludes halogenated alkanes) is 5. The number of carbonyl (C=O) groups is 2. The molecule has 1 radical (unpaired) electrons. The van der Waals surface area contributed by atoms with Crippen molar-refractivity contribution in [3.8, 4) is 0 Å². The molecule has 0 aromatic carbocycles. The third-order valence-corrected chi connectivity index (χ3v) is 4.60. The van der Waals surface area contributed by atoms with E-state index in [2.05, 4.69) is 13.2 Å². The Bertz CT molecular complexity index is 413. The average molecular weight is 325 g/mol. The highest BCUT2D eigenvalue weighted by Gasteiger charge is 2.45. The van der Waals surface area contributed by atoms with Crippen LogP contribution in [-0.2, 0) is 14.4 Å². The maximum Gasteiger partial charge on any atom is 0.305 e. The molecule has 1 amide bonds. The van der Waals surface area contributed by atoms with Gasteiger partial charge in [0.15, 0.2) is 0 Å². The van der Waals surface area contributed by atoms with Gasteiger partial charge in [0.05, 0.1) is 12.5 Å². The Labute approximate surface area is 138 Å². The lowest BCUT2D eigenvalue weighted by Gasteiger charge is -2.34. The average Bonchev–Trinajstić information content (AvgIpc) is 2.93. The molecule has 0 aromatic heterocycles. The highest BCUT2D eigenvalue weighted by atomic mass is 16.4. The van der Waals surface area contributed by atoms with Crippen LogP contribution in [0.4, 0.5) is 0 Å². The second kappa shape index (κ2) is 9.65. The molecule has 0 saturated carbocycles. The maximum atomic E-state index is 12.4. The summed E-state index contributed by atoms with van der Waals surface area (Å²) >= 11 is 0. The van der Waals surface area contributed by atoms with Gasteiger partial charge in [-0.25, -0.2) is 0 Å². The van der Waals surface area contributed by atoms with E-state index in [9.17, 15) is 14.4 Å². The van der Waals surface area contributed by atoms with Crippen LogP contribution < -0.4 is 5.73 Å². The third kappa shape index (κ3) is 5.61. The summed E-state index contributed by atoms with van der Waals surface area (Å²) < 4.78 is 0. The number of nitrogens with two attached hydrogens (primary N) is 1. The Balaban J connectivity index is 2.58. The molecule has 0 unspecified atom stereocenters. The maximum absolute atomic E-state index is 12.4. The molecule has 2 atom stereocenters. The number of carboxylic acids is 1. The Hall–Kier alpha value is -1.43. The SMILES string of the molecule is CCCCCCCC[C@@]1([C]=O)CCCN1C(=O)[C@@H](N)CC(=O)O. The van der Waals surface area contributed by atoms with Crippen LogP contribution in [0.5, 0.6) is 0 Å². The summed E-state index contributed by atoms with van der Waals surface area (Å²) in [5.74, 6) is -1.55. The van der Waals surface area contributed by atoms with Crippen LogP contribution in [0.3, 0.4) is 0 Å². The molecule has 0 bridgehead atoms. The van der Waals surface area contributed by atoms with E-state index >= 15 is 0 Å². The van der Waals surface area contributed by atoms with Gasteiger partial charge in [0.2, 0.25) is 12.2 Å². The molecular formula is C17H29N2O4. The van der Waals surface area contributed by atoms with E-state index < -0.39 is 29.9 Å². The quantitative estimate of drug-likeness (QED) is 0.566. The third-order valence-electron chi connectivity index (χ3n) is 4.60. The molecule has 0 aromatic rings. The van der Waals surface area contributed by atoms with E-state index in [1.807, 2.05) is 0 Å². The fraction of sp³-hybridized carbons (Fsp3) is 0.824. The van der Waals surface area contributed by atoms with Crippen LogP contribution >= 0.6 is 0 Å². The molecule has 3 N–H and O–H groups in total. The minimum Gasteiger partial charge on any atom is -0.481 e. The van der Waals surface area contributed by atoms with Crippen LogP contribution in [0.15, 0.2) is 0 Å². The first-order valence-electron chi connectivity index (χ1n) is 8.65. The molecule has 6 nitrogen and oxygen atoms in total. The van der Waals surface area contributed by atoms with Crippen molar-refractivity contribution in [2.75, 3.05) is 6.54 Å². The standard InChI is InChI=1S/C17H29N2O4/c1-2-3-4-5-6-7-9-17(13-20)10-8-11-19(17)16(23)14(18)12-15(21)22/h14H,2-12,18H2,1H3,(H,21,22)/t14-,17-/m0/s1. The summed E-state index contributed by atoms with van der Waals surface area (Å²) in [4.78, 5) is 36.2. The Morgan fingerprint density at radius 2 is 1.91 bits per heavy atom. The van der Waals surface area contributed by atoms with E-state index in [0.717, 1.165) is 25.7 Å².